The van der Waals surface area contributed by atoms with Crippen molar-refractivity contribution in [1.82, 2.24) is 0 Å². The third kappa shape index (κ3) is 9.33. The molecule has 0 saturated heterocycles. The molecule has 0 aromatic carbocycles. The second-order valence-electron chi connectivity index (χ2n) is 5.57. The van der Waals surface area contributed by atoms with Crippen molar-refractivity contribution in [3.05, 3.63) is 0 Å². The van der Waals surface area contributed by atoms with Gasteiger partial charge in [-0.25, -0.2) is 4.79 Å². The van der Waals surface area contributed by atoms with Crippen molar-refractivity contribution in [3.63, 3.8) is 0 Å². The first kappa shape index (κ1) is 19.8. The maximum atomic E-state index is 12.1. The molecule has 0 spiro atoms. The van der Waals surface area contributed by atoms with Crippen LogP contribution in [0.2, 0.25) is 0 Å². The van der Waals surface area contributed by atoms with E-state index in [2.05, 4.69) is 26.5 Å². The van der Waals surface area contributed by atoms with E-state index in [9.17, 15) is 14.4 Å². The standard InChI is InChI=1S/C14H24O6S/c1-10(2)6-5-7-18-12(16)14(4,8-19-11(3)15)9-20-13(17)21/h10H,5-9H2,1-4H3,(H,17,21). The van der Waals surface area contributed by atoms with Crippen LogP contribution in [0.1, 0.15) is 40.5 Å². The summed E-state index contributed by atoms with van der Waals surface area (Å²) in [5.74, 6) is -0.561. The summed E-state index contributed by atoms with van der Waals surface area (Å²) in [5.41, 5.74) is -1.23. The fourth-order valence-corrected chi connectivity index (χ4v) is 1.54. The van der Waals surface area contributed by atoms with E-state index in [1.807, 2.05) is 0 Å². The number of hydrogen-bond donors (Lipinski definition) is 1. The average molecular weight is 320 g/mol. The molecule has 122 valence electrons. The molecule has 0 saturated carbocycles. The molecule has 6 nitrogen and oxygen atoms in total. The van der Waals surface area contributed by atoms with Crippen LogP contribution in [0.3, 0.4) is 0 Å². The summed E-state index contributed by atoms with van der Waals surface area (Å²) in [5, 5.41) is -0.809. The molecule has 0 fully saturated rings. The quantitative estimate of drug-likeness (QED) is 0.304. The Morgan fingerprint density at radius 3 is 2.14 bits per heavy atom. The number of thiol groups is 1. The first-order chi connectivity index (χ1) is 9.67. The summed E-state index contributed by atoms with van der Waals surface area (Å²) in [6.07, 6.45) is 1.69. The Labute approximate surface area is 130 Å². The molecule has 7 heteroatoms. The minimum absolute atomic E-state index is 0.216. The molecule has 0 radical (unpaired) electrons. The SMILES string of the molecule is CC(=O)OCC(C)(COC(=O)S)C(=O)OCCCC(C)C. The van der Waals surface area contributed by atoms with Gasteiger partial charge in [-0.1, -0.05) is 26.5 Å². The molecule has 0 aliphatic rings. The zero-order valence-electron chi connectivity index (χ0n) is 13.0. The van der Waals surface area contributed by atoms with Gasteiger partial charge in [-0.2, -0.15) is 0 Å². The summed E-state index contributed by atoms with van der Waals surface area (Å²) in [4.78, 5) is 33.8. The van der Waals surface area contributed by atoms with Gasteiger partial charge >= 0.3 is 17.2 Å². The predicted octanol–water partition coefficient (Wildman–Crippen LogP) is 2.60. The largest absolute Gasteiger partial charge is 0.465 e. The van der Waals surface area contributed by atoms with Crippen molar-refractivity contribution < 1.29 is 28.6 Å². The molecule has 0 aromatic heterocycles. The Balaban J connectivity index is 4.50. The maximum absolute atomic E-state index is 12.1. The number of rotatable bonds is 9. The minimum Gasteiger partial charge on any atom is -0.465 e. The Morgan fingerprint density at radius 1 is 1.10 bits per heavy atom. The van der Waals surface area contributed by atoms with Gasteiger partial charge in [-0.05, 0) is 25.7 Å². The van der Waals surface area contributed by atoms with Crippen LogP contribution in [0.25, 0.3) is 0 Å². The molecule has 0 heterocycles. The van der Waals surface area contributed by atoms with E-state index in [1.54, 1.807) is 0 Å². The van der Waals surface area contributed by atoms with Crippen molar-refractivity contribution >= 4 is 29.9 Å². The van der Waals surface area contributed by atoms with Gasteiger partial charge in [0.25, 0.3) is 0 Å². The van der Waals surface area contributed by atoms with Gasteiger partial charge in [0.1, 0.15) is 18.6 Å². The lowest BCUT2D eigenvalue weighted by Crippen LogP contribution is -2.40. The number of carbonyl (C=O) groups excluding carboxylic acids is 3. The second-order valence-corrected chi connectivity index (χ2v) is 5.93. The molecule has 21 heavy (non-hydrogen) atoms. The van der Waals surface area contributed by atoms with Gasteiger partial charge in [-0.3, -0.25) is 9.59 Å². The summed E-state index contributed by atoms with van der Waals surface area (Å²) in [6.45, 7) is 6.72. The Hall–Kier alpha value is -1.24. The van der Waals surface area contributed by atoms with Crippen molar-refractivity contribution in [1.29, 1.82) is 0 Å². The molecule has 0 amide bonds. The van der Waals surface area contributed by atoms with Gasteiger partial charge in [0, 0.05) is 6.92 Å². The molecule has 0 aliphatic heterocycles. The van der Waals surface area contributed by atoms with Gasteiger partial charge in [0.05, 0.1) is 6.61 Å². The molecule has 1 atom stereocenters. The van der Waals surface area contributed by atoms with Crippen molar-refractivity contribution in [2.24, 2.45) is 11.3 Å². The highest BCUT2D eigenvalue weighted by Gasteiger charge is 2.38. The number of ether oxygens (including phenoxy) is 3. The van der Waals surface area contributed by atoms with Crippen LogP contribution < -0.4 is 0 Å². The highest BCUT2D eigenvalue weighted by Crippen LogP contribution is 2.21. The molecule has 0 aliphatic carbocycles. The lowest BCUT2D eigenvalue weighted by molar-refractivity contribution is -0.164. The van der Waals surface area contributed by atoms with Crippen molar-refractivity contribution in [2.45, 2.75) is 40.5 Å². The molecule has 0 bridgehead atoms. The van der Waals surface area contributed by atoms with Crippen LogP contribution in [0, 0.1) is 11.3 Å². The first-order valence-electron chi connectivity index (χ1n) is 6.83. The Morgan fingerprint density at radius 2 is 1.67 bits per heavy atom. The lowest BCUT2D eigenvalue weighted by Gasteiger charge is -2.25. The molecule has 0 N–H and O–H groups in total. The highest BCUT2D eigenvalue weighted by molar-refractivity contribution is 7.96. The summed E-state index contributed by atoms with van der Waals surface area (Å²) < 4.78 is 14.8. The Bertz CT molecular complexity index is 348. The zero-order chi connectivity index (χ0) is 16.5. The van der Waals surface area contributed by atoms with Gasteiger partial charge in [-0.15, -0.1) is 0 Å². The van der Waals surface area contributed by atoms with E-state index >= 15 is 0 Å². The average Bonchev–Trinajstić information content (AvgIpc) is 2.38. The van der Waals surface area contributed by atoms with Gasteiger partial charge in [0.2, 0.25) is 0 Å². The summed E-state index contributed by atoms with van der Waals surface area (Å²) >= 11 is 3.47. The van der Waals surface area contributed by atoms with Crippen molar-refractivity contribution in [3.8, 4) is 0 Å². The van der Waals surface area contributed by atoms with Gasteiger partial charge < -0.3 is 14.2 Å². The minimum atomic E-state index is -1.23. The molecule has 1 unspecified atom stereocenters. The maximum Gasteiger partial charge on any atom is 0.364 e. The monoisotopic (exact) mass is 320 g/mol. The molecule has 0 aromatic rings. The number of carbonyl (C=O) groups is 3. The zero-order valence-corrected chi connectivity index (χ0v) is 13.9. The summed E-state index contributed by atoms with van der Waals surface area (Å²) in [6, 6.07) is 0. The van der Waals surface area contributed by atoms with Crippen LogP contribution in [-0.2, 0) is 23.8 Å². The predicted molar refractivity (Wildman–Crippen MR) is 80.1 cm³/mol. The van der Waals surface area contributed by atoms with Crippen molar-refractivity contribution in [2.75, 3.05) is 19.8 Å². The second kappa shape index (κ2) is 9.65. The number of esters is 2. The molecule has 0 rings (SSSR count). The fraction of sp³-hybridized carbons (Fsp3) is 0.786. The van der Waals surface area contributed by atoms with Crippen LogP contribution in [0.15, 0.2) is 0 Å². The van der Waals surface area contributed by atoms with E-state index in [0.717, 1.165) is 12.8 Å². The van der Waals surface area contributed by atoms with Gasteiger partial charge in [0.15, 0.2) is 0 Å². The topological polar surface area (TPSA) is 78.9 Å². The number of hydrogen-bond acceptors (Lipinski definition) is 6. The van der Waals surface area contributed by atoms with Crippen LogP contribution in [0.5, 0.6) is 0 Å². The first-order valence-corrected chi connectivity index (χ1v) is 7.28. The fourth-order valence-electron chi connectivity index (χ4n) is 1.47. The van der Waals surface area contributed by atoms with Crippen LogP contribution in [-0.4, -0.2) is 37.1 Å². The molecular formula is C14H24O6S. The van der Waals surface area contributed by atoms with Crippen LogP contribution in [0.4, 0.5) is 4.79 Å². The van der Waals surface area contributed by atoms with Crippen LogP contribution >= 0.6 is 12.6 Å². The third-order valence-electron chi connectivity index (χ3n) is 2.76. The molecular weight excluding hydrogens is 296 g/mol. The lowest BCUT2D eigenvalue weighted by atomic mass is 9.93. The summed E-state index contributed by atoms with van der Waals surface area (Å²) in [7, 11) is 0. The van der Waals surface area contributed by atoms with E-state index < -0.39 is 22.7 Å². The highest BCUT2D eigenvalue weighted by atomic mass is 32.1. The van der Waals surface area contributed by atoms with E-state index in [0.29, 0.717) is 5.92 Å². The van der Waals surface area contributed by atoms with E-state index in [1.165, 1.54) is 13.8 Å². The smallest absolute Gasteiger partial charge is 0.364 e. The normalized spacial score (nSPS) is 13.4. The van der Waals surface area contributed by atoms with E-state index in [-0.39, 0.29) is 19.8 Å². The third-order valence-corrected chi connectivity index (χ3v) is 2.89. The Kier molecular flexibility index (Phi) is 9.08. The van der Waals surface area contributed by atoms with E-state index in [4.69, 9.17) is 14.2 Å².